The predicted octanol–water partition coefficient (Wildman–Crippen LogP) is 2.41. The summed E-state index contributed by atoms with van der Waals surface area (Å²) in [5.74, 6) is 0. The third kappa shape index (κ3) is 2.19. The molecular weight excluding hydrogens is 224 g/mol. The molecule has 0 amide bonds. The summed E-state index contributed by atoms with van der Waals surface area (Å²) in [5, 5.41) is 2.69. The molecule has 0 aromatic heterocycles. The molecule has 0 spiro atoms. The lowest BCUT2D eigenvalue weighted by Crippen LogP contribution is -2.59. The van der Waals surface area contributed by atoms with Crippen molar-refractivity contribution in [2.24, 2.45) is 0 Å². The Hall–Kier alpha value is -1.38. The fourth-order valence-electron chi connectivity index (χ4n) is 2.37. The Morgan fingerprint density at radius 1 is 0.824 bits per heavy atom. The van der Waals surface area contributed by atoms with E-state index in [1.54, 1.807) is 0 Å². The number of benzene rings is 2. The molecule has 0 fully saturated rings. The average Bonchev–Trinajstić information content (AvgIpc) is 2.43. The molecule has 0 N–H and O–H groups in total. The zero-order valence-corrected chi connectivity index (χ0v) is 11.4. The van der Waals surface area contributed by atoms with Crippen molar-refractivity contribution in [3.63, 3.8) is 0 Å². The molecule has 0 radical (unpaired) electrons. The monoisotopic (exact) mass is 242 g/mol. The summed E-state index contributed by atoms with van der Waals surface area (Å²) in [7, 11) is -0.153. The smallest absolute Gasteiger partial charge is 0.254 e. The summed E-state index contributed by atoms with van der Waals surface area (Å²) in [6.45, 7) is 2.22. The Balaban J connectivity index is 2.54. The van der Waals surface area contributed by atoms with Crippen LogP contribution in [0, 0.1) is 0 Å². The van der Waals surface area contributed by atoms with Crippen molar-refractivity contribution in [2.45, 2.75) is 13.0 Å². The normalized spacial score (nSPS) is 11.4. The van der Waals surface area contributed by atoms with Crippen molar-refractivity contribution in [3.8, 4) is 0 Å². The minimum absolute atomic E-state index is 1.05. The molecule has 2 aromatic carbocycles. The first-order valence-electron chi connectivity index (χ1n) is 5.99. The highest BCUT2D eigenvalue weighted by Gasteiger charge is 2.36. The van der Waals surface area contributed by atoms with Gasteiger partial charge in [0, 0.05) is 7.11 Å². The van der Waals surface area contributed by atoms with E-state index in [4.69, 9.17) is 4.43 Å². The van der Waals surface area contributed by atoms with Crippen LogP contribution in [0.4, 0.5) is 0 Å². The molecule has 2 aromatic rings. The van der Waals surface area contributed by atoms with Crippen LogP contribution < -0.4 is 10.4 Å². The molecule has 2 rings (SSSR count). The molecule has 0 saturated heterocycles. The molecule has 0 atom stereocenters. The van der Waals surface area contributed by atoms with E-state index in [2.05, 4.69) is 67.6 Å². The predicted molar refractivity (Wildman–Crippen MR) is 75.4 cm³/mol. The Morgan fingerprint density at radius 3 is 1.53 bits per heavy atom. The second-order valence-electron chi connectivity index (χ2n) is 4.12. The zero-order valence-electron chi connectivity index (χ0n) is 10.4. The molecule has 0 bridgehead atoms. The van der Waals surface area contributed by atoms with Crippen LogP contribution in [0.15, 0.2) is 60.7 Å². The van der Waals surface area contributed by atoms with Crippen LogP contribution in [0.5, 0.6) is 0 Å². The topological polar surface area (TPSA) is 9.23 Å². The molecule has 0 unspecified atom stereocenters. The summed E-state index contributed by atoms with van der Waals surface area (Å²) in [6, 6.07) is 22.3. The van der Waals surface area contributed by atoms with Crippen LogP contribution >= 0.6 is 0 Å². The summed E-state index contributed by atoms with van der Waals surface area (Å²) >= 11 is 0. The first-order chi connectivity index (χ1) is 8.33. The van der Waals surface area contributed by atoms with Gasteiger partial charge in [0.1, 0.15) is 0 Å². The molecule has 17 heavy (non-hydrogen) atoms. The SMILES string of the molecule is CC[Si](OC)(c1ccccc1)c1ccccc1. The third-order valence-electron chi connectivity index (χ3n) is 3.33. The molecule has 0 aliphatic heterocycles. The number of hydrogen-bond acceptors (Lipinski definition) is 1. The van der Waals surface area contributed by atoms with Gasteiger partial charge in [-0.05, 0) is 16.4 Å². The molecule has 88 valence electrons. The van der Waals surface area contributed by atoms with E-state index in [-0.39, 0.29) is 0 Å². The highest BCUT2D eigenvalue weighted by Crippen LogP contribution is 2.11. The van der Waals surface area contributed by atoms with Crippen LogP contribution in [0.2, 0.25) is 6.04 Å². The van der Waals surface area contributed by atoms with Crippen molar-refractivity contribution in [1.29, 1.82) is 0 Å². The Kier molecular flexibility index (Phi) is 3.77. The van der Waals surface area contributed by atoms with Gasteiger partial charge in [-0.3, -0.25) is 0 Å². The van der Waals surface area contributed by atoms with Crippen LogP contribution in [-0.2, 0) is 4.43 Å². The number of rotatable bonds is 4. The second kappa shape index (κ2) is 5.30. The van der Waals surface area contributed by atoms with Gasteiger partial charge in [0.25, 0.3) is 8.32 Å². The van der Waals surface area contributed by atoms with Gasteiger partial charge < -0.3 is 4.43 Å². The maximum Gasteiger partial charge on any atom is 0.254 e. The maximum atomic E-state index is 6.00. The zero-order chi connectivity index (χ0) is 12.1. The summed E-state index contributed by atoms with van der Waals surface area (Å²) in [6.07, 6.45) is 0. The highest BCUT2D eigenvalue weighted by molar-refractivity contribution is 6.97. The van der Waals surface area contributed by atoms with E-state index in [1.165, 1.54) is 10.4 Å². The van der Waals surface area contributed by atoms with E-state index in [0.717, 1.165) is 6.04 Å². The first-order valence-corrected chi connectivity index (χ1v) is 8.11. The van der Waals surface area contributed by atoms with E-state index >= 15 is 0 Å². The van der Waals surface area contributed by atoms with Gasteiger partial charge in [-0.15, -0.1) is 0 Å². The fourth-order valence-corrected chi connectivity index (χ4v) is 5.74. The van der Waals surface area contributed by atoms with Gasteiger partial charge >= 0.3 is 0 Å². The van der Waals surface area contributed by atoms with Crippen molar-refractivity contribution >= 4 is 18.7 Å². The Bertz CT molecular complexity index is 407. The maximum absolute atomic E-state index is 6.00. The molecule has 2 heteroatoms. The molecule has 0 aliphatic rings. The molecule has 1 nitrogen and oxygen atoms in total. The minimum atomic E-state index is -2.00. The Labute approximate surface area is 104 Å². The lowest BCUT2D eigenvalue weighted by molar-refractivity contribution is 0.416. The van der Waals surface area contributed by atoms with Crippen LogP contribution in [0.3, 0.4) is 0 Å². The van der Waals surface area contributed by atoms with Gasteiger partial charge in [0.05, 0.1) is 0 Å². The molecular formula is C15H18OSi. The molecule has 0 heterocycles. The summed E-state index contributed by atoms with van der Waals surface area (Å²) in [4.78, 5) is 0. The van der Waals surface area contributed by atoms with Crippen LogP contribution in [-0.4, -0.2) is 15.4 Å². The lowest BCUT2D eigenvalue weighted by atomic mass is 10.4. The highest BCUT2D eigenvalue weighted by atomic mass is 28.4. The largest absolute Gasteiger partial charge is 0.411 e. The Morgan fingerprint density at radius 2 is 1.24 bits per heavy atom. The van der Waals surface area contributed by atoms with Crippen LogP contribution in [0.25, 0.3) is 0 Å². The molecule has 0 saturated carbocycles. The van der Waals surface area contributed by atoms with Crippen molar-refractivity contribution < 1.29 is 4.43 Å². The second-order valence-corrected chi connectivity index (χ2v) is 8.04. The van der Waals surface area contributed by atoms with Crippen molar-refractivity contribution in [1.82, 2.24) is 0 Å². The van der Waals surface area contributed by atoms with Gasteiger partial charge in [0.15, 0.2) is 0 Å². The molecule has 0 aliphatic carbocycles. The van der Waals surface area contributed by atoms with Crippen LogP contribution in [0.1, 0.15) is 6.92 Å². The van der Waals surface area contributed by atoms with Gasteiger partial charge in [0.2, 0.25) is 0 Å². The average molecular weight is 242 g/mol. The summed E-state index contributed by atoms with van der Waals surface area (Å²) < 4.78 is 6.00. The van der Waals surface area contributed by atoms with E-state index < -0.39 is 8.32 Å². The fraction of sp³-hybridized carbons (Fsp3) is 0.200. The lowest BCUT2D eigenvalue weighted by Gasteiger charge is -2.29. The standard InChI is InChI=1S/C15H18OSi/c1-3-17(16-2,14-10-6-4-7-11-14)15-12-8-5-9-13-15/h4-13H,3H2,1-2H3. The number of hydrogen-bond donors (Lipinski definition) is 0. The quantitative estimate of drug-likeness (QED) is 0.748. The van der Waals surface area contributed by atoms with E-state index in [1.807, 2.05) is 7.11 Å². The van der Waals surface area contributed by atoms with Crippen molar-refractivity contribution in [2.75, 3.05) is 7.11 Å². The summed E-state index contributed by atoms with van der Waals surface area (Å²) in [5.41, 5.74) is 0. The third-order valence-corrected chi connectivity index (χ3v) is 7.55. The van der Waals surface area contributed by atoms with Gasteiger partial charge in [-0.25, -0.2) is 0 Å². The van der Waals surface area contributed by atoms with Gasteiger partial charge in [-0.2, -0.15) is 0 Å². The van der Waals surface area contributed by atoms with Gasteiger partial charge in [-0.1, -0.05) is 67.6 Å². The van der Waals surface area contributed by atoms with E-state index in [9.17, 15) is 0 Å². The minimum Gasteiger partial charge on any atom is -0.411 e. The van der Waals surface area contributed by atoms with E-state index in [0.29, 0.717) is 0 Å². The van der Waals surface area contributed by atoms with Crippen molar-refractivity contribution in [3.05, 3.63) is 60.7 Å². The first kappa shape index (κ1) is 12.1.